The van der Waals surface area contributed by atoms with Crippen molar-refractivity contribution in [1.29, 1.82) is 0 Å². The molecule has 2 N–H and O–H groups in total. The minimum absolute atomic E-state index is 0.189. The molecule has 2 fully saturated rings. The summed E-state index contributed by atoms with van der Waals surface area (Å²) in [6.45, 7) is 3.30. The number of rotatable bonds is 5. The van der Waals surface area contributed by atoms with Crippen molar-refractivity contribution in [1.82, 2.24) is 4.90 Å². The summed E-state index contributed by atoms with van der Waals surface area (Å²) in [6.07, 6.45) is 8.28. The SMILES string of the molecule is NC1CCC(CCN2CCC(C(=O)c3ccc(Cl)s3)CC2)CC1. The lowest BCUT2D eigenvalue weighted by atomic mass is 9.84. The van der Waals surface area contributed by atoms with Gasteiger partial charge in [0.25, 0.3) is 0 Å². The van der Waals surface area contributed by atoms with E-state index in [1.165, 1.54) is 50.0 Å². The van der Waals surface area contributed by atoms with Crippen LogP contribution in [-0.4, -0.2) is 36.4 Å². The van der Waals surface area contributed by atoms with E-state index >= 15 is 0 Å². The fourth-order valence-corrected chi connectivity index (χ4v) is 4.97. The van der Waals surface area contributed by atoms with Gasteiger partial charge in [0.15, 0.2) is 5.78 Å². The third-order valence-electron chi connectivity index (χ3n) is 5.52. The maximum absolute atomic E-state index is 12.5. The van der Waals surface area contributed by atoms with E-state index in [0.717, 1.165) is 36.7 Å². The highest BCUT2D eigenvalue weighted by atomic mass is 35.5. The minimum Gasteiger partial charge on any atom is -0.328 e. The predicted molar refractivity (Wildman–Crippen MR) is 97.4 cm³/mol. The molecule has 1 aromatic heterocycles. The van der Waals surface area contributed by atoms with E-state index in [4.69, 9.17) is 17.3 Å². The molecule has 0 aromatic carbocycles. The van der Waals surface area contributed by atoms with Crippen molar-refractivity contribution < 1.29 is 4.79 Å². The number of ketones is 1. The standard InChI is InChI=1S/C18H27ClN2OS/c19-17-6-5-16(23-17)18(22)14-8-11-21(12-9-14)10-7-13-1-3-15(20)4-2-13/h5-6,13-15H,1-4,7-12,20H2. The molecule has 0 radical (unpaired) electrons. The van der Waals surface area contributed by atoms with E-state index in [-0.39, 0.29) is 5.92 Å². The first-order valence-corrected chi connectivity index (χ1v) is 10.1. The van der Waals surface area contributed by atoms with Crippen LogP contribution in [-0.2, 0) is 0 Å². The number of Topliss-reactive ketones (excluding diaryl/α,β-unsaturated/α-hetero) is 1. The van der Waals surface area contributed by atoms with Crippen LogP contribution >= 0.6 is 22.9 Å². The van der Waals surface area contributed by atoms with Gasteiger partial charge in [0.05, 0.1) is 9.21 Å². The maximum atomic E-state index is 12.5. The number of hydrogen-bond acceptors (Lipinski definition) is 4. The second-order valence-corrected chi connectivity index (χ2v) is 8.87. The van der Waals surface area contributed by atoms with Crippen LogP contribution < -0.4 is 5.73 Å². The van der Waals surface area contributed by atoms with Gasteiger partial charge in [-0.3, -0.25) is 4.79 Å². The summed E-state index contributed by atoms with van der Waals surface area (Å²) in [5, 5.41) is 0. The topological polar surface area (TPSA) is 46.3 Å². The molecule has 1 saturated heterocycles. The van der Waals surface area contributed by atoms with Crippen molar-refractivity contribution in [3.05, 3.63) is 21.3 Å². The largest absolute Gasteiger partial charge is 0.328 e. The molecule has 0 atom stereocenters. The number of likely N-dealkylation sites (tertiary alicyclic amines) is 1. The first kappa shape index (κ1) is 17.4. The van der Waals surface area contributed by atoms with Crippen LogP contribution in [0.5, 0.6) is 0 Å². The van der Waals surface area contributed by atoms with Crippen LogP contribution in [0.4, 0.5) is 0 Å². The number of carbonyl (C=O) groups excluding carboxylic acids is 1. The van der Waals surface area contributed by atoms with E-state index in [1.807, 2.05) is 12.1 Å². The number of halogens is 1. The molecule has 3 nitrogen and oxygen atoms in total. The maximum Gasteiger partial charge on any atom is 0.175 e. The molecule has 0 amide bonds. The molecule has 0 unspecified atom stereocenters. The zero-order valence-corrected chi connectivity index (χ0v) is 15.2. The zero-order chi connectivity index (χ0) is 16.2. The lowest BCUT2D eigenvalue weighted by molar-refractivity contribution is 0.0837. The van der Waals surface area contributed by atoms with Gasteiger partial charge in [-0.05, 0) is 82.6 Å². The fraction of sp³-hybridized carbons (Fsp3) is 0.722. The highest BCUT2D eigenvalue weighted by Gasteiger charge is 2.27. The third kappa shape index (κ3) is 4.79. The zero-order valence-electron chi connectivity index (χ0n) is 13.7. The van der Waals surface area contributed by atoms with Gasteiger partial charge in [0.2, 0.25) is 0 Å². The molecule has 0 spiro atoms. The lowest BCUT2D eigenvalue weighted by Gasteiger charge is -2.33. The van der Waals surface area contributed by atoms with Crippen molar-refractivity contribution in [3.63, 3.8) is 0 Å². The first-order valence-electron chi connectivity index (χ1n) is 8.89. The Morgan fingerprint density at radius 1 is 1.17 bits per heavy atom. The summed E-state index contributed by atoms with van der Waals surface area (Å²) in [5.74, 6) is 1.35. The summed E-state index contributed by atoms with van der Waals surface area (Å²) in [6, 6.07) is 4.14. The Bertz CT molecular complexity index is 517. The highest BCUT2D eigenvalue weighted by molar-refractivity contribution is 7.18. The van der Waals surface area contributed by atoms with Crippen LogP contribution in [0.3, 0.4) is 0 Å². The summed E-state index contributed by atoms with van der Waals surface area (Å²) in [4.78, 5) is 15.8. The van der Waals surface area contributed by atoms with Gasteiger partial charge < -0.3 is 10.6 Å². The number of hydrogen-bond donors (Lipinski definition) is 1. The van der Waals surface area contributed by atoms with E-state index in [9.17, 15) is 4.79 Å². The second kappa shape index (κ2) is 8.11. The molecular formula is C18H27ClN2OS. The number of carbonyl (C=O) groups is 1. The van der Waals surface area contributed by atoms with Crippen molar-refractivity contribution in [2.24, 2.45) is 17.6 Å². The summed E-state index contributed by atoms with van der Waals surface area (Å²) < 4.78 is 0.706. The molecule has 1 saturated carbocycles. The van der Waals surface area contributed by atoms with Crippen LogP contribution in [0.25, 0.3) is 0 Å². The number of piperidine rings is 1. The van der Waals surface area contributed by atoms with Crippen molar-refractivity contribution in [3.8, 4) is 0 Å². The molecule has 1 aliphatic carbocycles. The van der Waals surface area contributed by atoms with E-state index < -0.39 is 0 Å². The van der Waals surface area contributed by atoms with Gasteiger partial charge in [-0.15, -0.1) is 11.3 Å². The molecule has 1 aromatic rings. The molecule has 1 aliphatic heterocycles. The van der Waals surface area contributed by atoms with Gasteiger partial charge >= 0.3 is 0 Å². The Kier molecular flexibility index (Phi) is 6.13. The van der Waals surface area contributed by atoms with Crippen LogP contribution in [0.1, 0.15) is 54.6 Å². The van der Waals surface area contributed by atoms with Gasteiger partial charge in [0.1, 0.15) is 0 Å². The lowest BCUT2D eigenvalue weighted by Crippen LogP contribution is -2.37. The Hall–Kier alpha value is -0.420. The third-order valence-corrected chi connectivity index (χ3v) is 6.77. The van der Waals surface area contributed by atoms with E-state index in [2.05, 4.69) is 4.90 Å². The normalized spacial score (nSPS) is 27.2. The van der Waals surface area contributed by atoms with Crippen LogP contribution in [0.15, 0.2) is 12.1 Å². The van der Waals surface area contributed by atoms with E-state index in [0.29, 0.717) is 16.2 Å². The Balaban J connectivity index is 1.39. The molecule has 3 rings (SSSR count). The fourth-order valence-electron chi connectivity index (χ4n) is 3.91. The molecule has 0 bridgehead atoms. The van der Waals surface area contributed by atoms with Crippen molar-refractivity contribution in [2.45, 2.75) is 51.0 Å². The van der Waals surface area contributed by atoms with Crippen molar-refractivity contribution in [2.75, 3.05) is 19.6 Å². The number of nitrogens with two attached hydrogens (primary N) is 1. The van der Waals surface area contributed by atoms with Crippen molar-refractivity contribution >= 4 is 28.7 Å². The Morgan fingerprint density at radius 2 is 1.87 bits per heavy atom. The summed E-state index contributed by atoms with van der Waals surface area (Å²) >= 11 is 7.35. The van der Waals surface area contributed by atoms with Crippen LogP contribution in [0, 0.1) is 11.8 Å². The smallest absolute Gasteiger partial charge is 0.175 e. The summed E-state index contributed by atoms with van der Waals surface area (Å²) in [5.41, 5.74) is 5.98. The average molecular weight is 355 g/mol. The number of thiophene rings is 1. The number of nitrogens with zero attached hydrogens (tertiary/aromatic N) is 1. The van der Waals surface area contributed by atoms with Gasteiger partial charge in [-0.2, -0.15) is 0 Å². The van der Waals surface area contributed by atoms with Gasteiger partial charge in [-0.25, -0.2) is 0 Å². The average Bonchev–Trinajstić information content (AvgIpc) is 3.01. The summed E-state index contributed by atoms with van der Waals surface area (Å²) in [7, 11) is 0. The molecule has 2 heterocycles. The Morgan fingerprint density at radius 3 is 2.48 bits per heavy atom. The molecular weight excluding hydrogens is 328 g/mol. The molecule has 5 heteroatoms. The quantitative estimate of drug-likeness (QED) is 0.806. The van der Waals surface area contributed by atoms with Crippen LogP contribution in [0.2, 0.25) is 4.34 Å². The monoisotopic (exact) mass is 354 g/mol. The van der Waals surface area contributed by atoms with Gasteiger partial charge in [-0.1, -0.05) is 11.6 Å². The van der Waals surface area contributed by atoms with Gasteiger partial charge in [0, 0.05) is 12.0 Å². The molecule has 128 valence electrons. The minimum atomic E-state index is 0.189. The highest BCUT2D eigenvalue weighted by Crippen LogP contribution is 2.29. The predicted octanol–water partition coefficient (Wildman–Crippen LogP) is 4.20. The second-order valence-electron chi connectivity index (χ2n) is 7.15. The molecule has 23 heavy (non-hydrogen) atoms. The first-order chi connectivity index (χ1) is 11.1. The molecule has 2 aliphatic rings. The van der Waals surface area contributed by atoms with E-state index in [1.54, 1.807) is 0 Å². The Labute approximate surface area is 148 Å².